The summed E-state index contributed by atoms with van der Waals surface area (Å²) in [6, 6.07) is 5.42. The molecular formula is C20H23N5O3. The third-order valence-electron chi connectivity index (χ3n) is 4.50. The van der Waals surface area contributed by atoms with Crippen molar-refractivity contribution in [2.75, 3.05) is 25.6 Å². The number of anilines is 2. The molecule has 0 spiro atoms. The summed E-state index contributed by atoms with van der Waals surface area (Å²) in [7, 11) is 1.49. The number of benzene rings is 1. The summed E-state index contributed by atoms with van der Waals surface area (Å²) in [6.07, 6.45) is 3.11. The first-order chi connectivity index (χ1) is 13.5. The van der Waals surface area contributed by atoms with Crippen LogP contribution in [-0.4, -0.2) is 46.5 Å². The summed E-state index contributed by atoms with van der Waals surface area (Å²) in [6.45, 7) is 6.24. The maximum atomic E-state index is 12.3. The van der Waals surface area contributed by atoms with E-state index in [2.05, 4.69) is 20.7 Å². The van der Waals surface area contributed by atoms with Gasteiger partial charge in [-0.3, -0.25) is 9.59 Å². The Balaban J connectivity index is 2.02. The Bertz CT molecular complexity index is 1040. The number of hydrogen-bond acceptors (Lipinski definition) is 6. The molecule has 0 aliphatic carbocycles. The molecule has 0 saturated carbocycles. The Morgan fingerprint density at radius 3 is 2.75 bits per heavy atom. The number of hydrogen-bond donors (Lipinski definition) is 2. The number of ether oxygens (including phenoxy) is 1. The molecule has 146 valence electrons. The van der Waals surface area contributed by atoms with Gasteiger partial charge in [0.15, 0.2) is 11.6 Å². The Kier molecular flexibility index (Phi) is 5.70. The number of carbonyl (C=O) groups is 2. The molecule has 0 radical (unpaired) electrons. The summed E-state index contributed by atoms with van der Waals surface area (Å²) < 4.78 is 6.56. The molecule has 0 unspecified atom stereocenters. The fourth-order valence-electron chi connectivity index (χ4n) is 3.01. The van der Waals surface area contributed by atoms with Gasteiger partial charge in [0.05, 0.1) is 5.56 Å². The van der Waals surface area contributed by atoms with E-state index >= 15 is 0 Å². The van der Waals surface area contributed by atoms with Crippen LogP contribution in [0, 0.1) is 13.8 Å². The fourth-order valence-corrected chi connectivity index (χ4v) is 3.01. The summed E-state index contributed by atoms with van der Waals surface area (Å²) >= 11 is 0. The van der Waals surface area contributed by atoms with Crippen LogP contribution >= 0.6 is 0 Å². The van der Waals surface area contributed by atoms with E-state index in [4.69, 9.17) is 4.74 Å². The van der Waals surface area contributed by atoms with E-state index < -0.39 is 0 Å². The monoisotopic (exact) mass is 381 g/mol. The zero-order chi connectivity index (χ0) is 20.3. The first kappa shape index (κ1) is 19.5. The van der Waals surface area contributed by atoms with Gasteiger partial charge < -0.3 is 15.4 Å². The van der Waals surface area contributed by atoms with E-state index in [0.717, 1.165) is 16.8 Å². The van der Waals surface area contributed by atoms with Crippen molar-refractivity contribution in [1.29, 1.82) is 0 Å². The molecule has 0 aliphatic heterocycles. The predicted octanol–water partition coefficient (Wildman–Crippen LogP) is 2.67. The molecule has 1 amide bonds. The van der Waals surface area contributed by atoms with Gasteiger partial charge in [0, 0.05) is 31.1 Å². The minimum Gasteiger partial charge on any atom is -0.377 e. The van der Waals surface area contributed by atoms with Crippen molar-refractivity contribution in [2.24, 2.45) is 0 Å². The second kappa shape index (κ2) is 8.18. The lowest BCUT2D eigenvalue weighted by molar-refractivity contribution is 0.0847. The van der Waals surface area contributed by atoms with Crippen LogP contribution in [0.3, 0.4) is 0 Å². The quantitative estimate of drug-likeness (QED) is 0.611. The summed E-state index contributed by atoms with van der Waals surface area (Å²) in [5.74, 6) is 0.304. The van der Waals surface area contributed by atoms with E-state index in [1.807, 2.05) is 26.8 Å². The van der Waals surface area contributed by atoms with Crippen molar-refractivity contribution in [3.63, 3.8) is 0 Å². The highest BCUT2D eigenvalue weighted by atomic mass is 16.5. The molecule has 1 aromatic carbocycles. The minimum atomic E-state index is -0.153. The van der Waals surface area contributed by atoms with Gasteiger partial charge in [-0.15, -0.1) is 0 Å². The van der Waals surface area contributed by atoms with Crippen LogP contribution in [0.5, 0.6) is 0 Å². The van der Waals surface area contributed by atoms with E-state index in [-0.39, 0.29) is 18.3 Å². The Labute approximate surface area is 162 Å². The molecule has 8 nitrogen and oxygen atoms in total. The Morgan fingerprint density at radius 2 is 2.04 bits per heavy atom. The lowest BCUT2D eigenvalue weighted by Gasteiger charge is -2.12. The number of Topliss-reactive ketones (excluding diaryl/α,β-unsaturated/α-hetero) is 1. The molecule has 2 aromatic heterocycles. The molecule has 0 atom stereocenters. The van der Waals surface area contributed by atoms with E-state index in [9.17, 15) is 9.59 Å². The van der Waals surface area contributed by atoms with Crippen molar-refractivity contribution >= 4 is 28.7 Å². The van der Waals surface area contributed by atoms with E-state index in [0.29, 0.717) is 29.0 Å². The minimum absolute atomic E-state index is 0.0218. The number of carbonyl (C=O) groups excluding carboxylic acids is 2. The molecule has 0 saturated heterocycles. The normalized spacial score (nSPS) is 10.9. The molecule has 28 heavy (non-hydrogen) atoms. The van der Waals surface area contributed by atoms with Gasteiger partial charge in [-0.2, -0.15) is 5.10 Å². The zero-order valence-electron chi connectivity index (χ0n) is 16.4. The topological polar surface area (TPSA) is 97.6 Å². The third-order valence-corrected chi connectivity index (χ3v) is 4.50. The highest BCUT2D eigenvalue weighted by molar-refractivity contribution is 6.00. The lowest BCUT2D eigenvalue weighted by atomic mass is 10.1. The second-order valence-corrected chi connectivity index (χ2v) is 6.44. The Hall–Kier alpha value is -3.26. The second-order valence-electron chi connectivity index (χ2n) is 6.44. The average Bonchev–Trinajstić information content (AvgIpc) is 3.02. The van der Waals surface area contributed by atoms with Gasteiger partial charge in [0.2, 0.25) is 0 Å². The largest absolute Gasteiger partial charge is 0.377 e. The molecule has 0 aliphatic rings. The zero-order valence-corrected chi connectivity index (χ0v) is 16.4. The number of fused-ring (bicyclic) bond motifs is 1. The maximum Gasteiger partial charge on any atom is 0.253 e. The van der Waals surface area contributed by atoms with Gasteiger partial charge in [0.1, 0.15) is 18.5 Å². The van der Waals surface area contributed by atoms with E-state index in [1.165, 1.54) is 13.4 Å². The van der Waals surface area contributed by atoms with E-state index in [1.54, 1.807) is 22.8 Å². The highest BCUT2D eigenvalue weighted by Gasteiger charge is 2.18. The fraction of sp³-hybridized carbons (Fsp3) is 0.300. The van der Waals surface area contributed by atoms with Crippen molar-refractivity contribution in [2.45, 2.75) is 20.8 Å². The van der Waals surface area contributed by atoms with Crippen LogP contribution in [0.2, 0.25) is 0 Å². The van der Waals surface area contributed by atoms with Crippen molar-refractivity contribution in [1.82, 2.24) is 19.9 Å². The molecule has 0 bridgehead atoms. The first-order valence-electron chi connectivity index (χ1n) is 8.97. The van der Waals surface area contributed by atoms with Gasteiger partial charge in [-0.05, 0) is 38.0 Å². The SMILES string of the molecule is CCNC(=O)c1cn2ncnc(Nc3cc(C(=O)COC)ccc3C)c2c1C. The number of nitrogens with one attached hydrogen (secondary N) is 2. The lowest BCUT2D eigenvalue weighted by Crippen LogP contribution is -2.22. The van der Waals surface area contributed by atoms with Crippen LogP contribution in [-0.2, 0) is 4.74 Å². The van der Waals surface area contributed by atoms with Crippen LogP contribution < -0.4 is 10.6 Å². The van der Waals surface area contributed by atoms with Crippen molar-refractivity contribution < 1.29 is 14.3 Å². The Morgan fingerprint density at radius 1 is 1.25 bits per heavy atom. The summed E-state index contributed by atoms with van der Waals surface area (Å²) in [5, 5.41) is 10.3. The van der Waals surface area contributed by atoms with Gasteiger partial charge in [-0.25, -0.2) is 9.50 Å². The van der Waals surface area contributed by atoms with Gasteiger partial charge >= 0.3 is 0 Å². The number of aromatic nitrogens is 3. The molecule has 3 aromatic rings. The first-order valence-corrected chi connectivity index (χ1v) is 8.97. The highest BCUT2D eigenvalue weighted by Crippen LogP contribution is 2.27. The van der Waals surface area contributed by atoms with Gasteiger partial charge in [-0.1, -0.05) is 12.1 Å². The number of nitrogens with zero attached hydrogens (tertiary/aromatic N) is 3. The molecule has 2 N–H and O–H groups in total. The maximum absolute atomic E-state index is 12.3. The number of amides is 1. The summed E-state index contributed by atoms with van der Waals surface area (Å²) in [4.78, 5) is 28.8. The predicted molar refractivity (Wildman–Crippen MR) is 106 cm³/mol. The molecule has 3 rings (SSSR count). The van der Waals surface area contributed by atoms with Crippen molar-refractivity contribution in [3.8, 4) is 0 Å². The third kappa shape index (κ3) is 3.72. The molecule has 0 fully saturated rings. The number of ketones is 1. The van der Waals surface area contributed by atoms with Crippen LogP contribution in [0.1, 0.15) is 38.8 Å². The summed E-state index contributed by atoms with van der Waals surface area (Å²) in [5.41, 5.74) is 4.29. The smallest absolute Gasteiger partial charge is 0.253 e. The van der Waals surface area contributed by atoms with Crippen molar-refractivity contribution in [3.05, 3.63) is 53.0 Å². The number of methoxy groups -OCH3 is 1. The molecular weight excluding hydrogens is 358 g/mol. The standard InChI is InChI=1S/C20H23N5O3/c1-5-21-20(27)15-9-25-18(13(15)3)19(22-11-23-25)24-16-8-14(7-6-12(16)2)17(26)10-28-4/h6-9,11H,5,10H2,1-4H3,(H,21,27)(H,22,23,24). The van der Waals surface area contributed by atoms with Crippen LogP contribution in [0.4, 0.5) is 11.5 Å². The van der Waals surface area contributed by atoms with Crippen LogP contribution in [0.15, 0.2) is 30.7 Å². The number of rotatable bonds is 7. The average molecular weight is 381 g/mol. The molecule has 2 heterocycles. The van der Waals surface area contributed by atoms with Crippen LogP contribution in [0.25, 0.3) is 5.52 Å². The number of aryl methyl sites for hydroxylation is 2. The van der Waals surface area contributed by atoms with Gasteiger partial charge in [0.25, 0.3) is 5.91 Å². The molecule has 8 heteroatoms.